The maximum Gasteiger partial charge on any atom is 0.296 e. The average Bonchev–Trinajstić information content (AvgIpc) is 2.99. The zero-order valence-electron chi connectivity index (χ0n) is 8.00. The first-order valence-electron chi connectivity index (χ1n) is 4.73. The largest absolute Gasteiger partial charge is 0.371 e. The highest BCUT2D eigenvalue weighted by Gasteiger charge is 2.25. The predicted molar refractivity (Wildman–Crippen MR) is 54.9 cm³/mol. The second-order valence-electron chi connectivity index (χ2n) is 3.81. The molecule has 82 valence electrons. The molecule has 0 radical (unpaired) electrons. The first-order chi connectivity index (χ1) is 6.98. The van der Waals surface area contributed by atoms with Gasteiger partial charge in [0.05, 0.1) is 0 Å². The maximum absolute atomic E-state index is 10.7. The van der Waals surface area contributed by atoms with Crippen molar-refractivity contribution >= 4 is 10.1 Å². The highest BCUT2D eigenvalue weighted by molar-refractivity contribution is 7.85. The molecule has 4 nitrogen and oxygen atoms in total. The van der Waals surface area contributed by atoms with Crippen LogP contribution >= 0.6 is 0 Å². The Balaban J connectivity index is 2.23. The third-order valence-corrected chi connectivity index (χ3v) is 3.39. The van der Waals surface area contributed by atoms with Crippen LogP contribution in [0.25, 0.3) is 0 Å². The molecule has 2 rings (SSSR count). The Morgan fingerprint density at radius 1 is 1.20 bits per heavy atom. The van der Waals surface area contributed by atoms with Crippen LogP contribution in [0.3, 0.4) is 0 Å². The molecule has 0 bridgehead atoms. The summed E-state index contributed by atoms with van der Waals surface area (Å²) in [6.07, 6.45) is 2.33. The van der Waals surface area contributed by atoms with Gasteiger partial charge in [-0.2, -0.15) is 8.42 Å². The van der Waals surface area contributed by atoms with Gasteiger partial charge in [-0.25, -0.2) is 0 Å². The molecule has 15 heavy (non-hydrogen) atoms. The molecule has 1 atom stereocenters. The fourth-order valence-corrected chi connectivity index (χ4v) is 2.02. The third-order valence-electron chi connectivity index (χ3n) is 2.55. The van der Waals surface area contributed by atoms with Crippen molar-refractivity contribution in [3.63, 3.8) is 0 Å². The number of aliphatic hydroxyl groups is 1. The standard InChI is InChI=1S/C10H12O4S/c11-10(15(12,13)14)9-5-3-8(4-6-9)7-1-2-7/h3-7,10-11H,1-2H2,(H,12,13,14). The van der Waals surface area contributed by atoms with Crippen LogP contribution in [0, 0.1) is 0 Å². The molecule has 2 N–H and O–H groups in total. The molecule has 1 aromatic rings. The summed E-state index contributed by atoms with van der Waals surface area (Å²) < 4.78 is 30.0. The fraction of sp³-hybridized carbons (Fsp3) is 0.400. The van der Waals surface area contributed by atoms with Gasteiger partial charge in [-0.1, -0.05) is 24.3 Å². The molecule has 1 saturated carbocycles. The second-order valence-corrected chi connectivity index (χ2v) is 5.28. The molecule has 1 aliphatic rings. The molecule has 0 aliphatic heterocycles. The minimum absolute atomic E-state index is 0.196. The van der Waals surface area contributed by atoms with Gasteiger partial charge in [0, 0.05) is 0 Å². The number of aliphatic hydroxyl groups excluding tert-OH is 1. The molecular formula is C10H12O4S. The van der Waals surface area contributed by atoms with Crippen molar-refractivity contribution < 1.29 is 18.1 Å². The lowest BCUT2D eigenvalue weighted by Crippen LogP contribution is -2.11. The molecule has 1 aromatic carbocycles. The molecule has 1 unspecified atom stereocenters. The van der Waals surface area contributed by atoms with Gasteiger partial charge >= 0.3 is 0 Å². The van der Waals surface area contributed by atoms with E-state index in [0.717, 1.165) is 5.56 Å². The molecule has 5 heteroatoms. The topological polar surface area (TPSA) is 74.6 Å². The lowest BCUT2D eigenvalue weighted by molar-refractivity contribution is 0.238. The van der Waals surface area contributed by atoms with Crippen LogP contribution in [0.2, 0.25) is 0 Å². The molecular weight excluding hydrogens is 216 g/mol. The van der Waals surface area contributed by atoms with E-state index < -0.39 is 15.6 Å². The molecule has 0 heterocycles. The van der Waals surface area contributed by atoms with E-state index in [1.807, 2.05) is 0 Å². The Labute approximate surface area is 88.3 Å². The molecule has 1 fully saturated rings. The van der Waals surface area contributed by atoms with Crippen LogP contribution in [0.15, 0.2) is 24.3 Å². The number of hydrogen-bond acceptors (Lipinski definition) is 3. The first-order valence-corrected chi connectivity index (χ1v) is 6.23. The molecule has 0 spiro atoms. The summed E-state index contributed by atoms with van der Waals surface area (Å²) in [5.74, 6) is 0.585. The van der Waals surface area contributed by atoms with Crippen LogP contribution in [0.4, 0.5) is 0 Å². The van der Waals surface area contributed by atoms with E-state index in [9.17, 15) is 13.5 Å². The van der Waals surface area contributed by atoms with Crippen molar-refractivity contribution in [2.24, 2.45) is 0 Å². The smallest absolute Gasteiger partial charge is 0.296 e. The van der Waals surface area contributed by atoms with Gasteiger partial charge in [-0.05, 0) is 29.9 Å². The van der Waals surface area contributed by atoms with Crippen LogP contribution in [0.1, 0.15) is 35.3 Å². The quantitative estimate of drug-likeness (QED) is 0.768. The van der Waals surface area contributed by atoms with Crippen molar-refractivity contribution in [1.29, 1.82) is 0 Å². The van der Waals surface area contributed by atoms with Gasteiger partial charge in [-0.15, -0.1) is 0 Å². The van der Waals surface area contributed by atoms with E-state index in [4.69, 9.17) is 4.55 Å². The summed E-state index contributed by atoms with van der Waals surface area (Å²) in [6, 6.07) is 6.65. The van der Waals surface area contributed by atoms with E-state index in [1.165, 1.54) is 25.0 Å². The number of rotatable bonds is 3. The van der Waals surface area contributed by atoms with Crippen LogP contribution in [-0.4, -0.2) is 18.1 Å². The van der Waals surface area contributed by atoms with Crippen molar-refractivity contribution in [3.05, 3.63) is 35.4 Å². The molecule has 0 aromatic heterocycles. The van der Waals surface area contributed by atoms with Gasteiger partial charge in [0.15, 0.2) is 0 Å². The van der Waals surface area contributed by atoms with Crippen molar-refractivity contribution in [1.82, 2.24) is 0 Å². The normalized spacial score (nSPS) is 18.8. The number of benzene rings is 1. The fourth-order valence-electron chi connectivity index (χ4n) is 1.52. The van der Waals surface area contributed by atoms with Gasteiger partial charge in [0.2, 0.25) is 5.44 Å². The van der Waals surface area contributed by atoms with Crippen molar-refractivity contribution in [3.8, 4) is 0 Å². The van der Waals surface area contributed by atoms with Crippen LogP contribution < -0.4 is 0 Å². The summed E-state index contributed by atoms with van der Waals surface area (Å²) in [6.45, 7) is 0. The van der Waals surface area contributed by atoms with E-state index in [-0.39, 0.29) is 5.56 Å². The van der Waals surface area contributed by atoms with Gasteiger partial charge in [0.25, 0.3) is 10.1 Å². The summed E-state index contributed by atoms with van der Waals surface area (Å²) in [5, 5.41) is 9.26. The van der Waals surface area contributed by atoms with E-state index in [2.05, 4.69) is 0 Å². The minimum atomic E-state index is -4.42. The Morgan fingerprint density at radius 3 is 2.13 bits per heavy atom. The summed E-state index contributed by atoms with van der Waals surface area (Å²) in [7, 11) is -4.42. The summed E-state index contributed by atoms with van der Waals surface area (Å²) >= 11 is 0. The maximum atomic E-state index is 10.7. The molecule has 0 amide bonds. The van der Waals surface area contributed by atoms with Crippen molar-refractivity contribution in [2.75, 3.05) is 0 Å². The third kappa shape index (κ3) is 2.37. The lowest BCUT2D eigenvalue weighted by Gasteiger charge is -2.07. The number of hydrogen-bond donors (Lipinski definition) is 2. The minimum Gasteiger partial charge on any atom is -0.371 e. The average molecular weight is 228 g/mol. The second kappa shape index (κ2) is 3.59. The van der Waals surface area contributed by atoms with E-state index in [1.54, 1.807) is 12.1 Å². The van der Waals surface area contributed by atoms with Crippen LogP contribution in [0.5, 0.6) is 0 Å². The summed E-state index contributed by atoms with van der Waals surface area (Å²) in [4.78, 5) is 0. The monoisotopic (exact) mass is 228 g/mol. The Kier molecular flexibility index (Phi) is 2.54. The zero-order valence-corrected chi connectivity index (χ0v) is 8.81. The highest BCUT2D eigenvalue weighted by atomic mass is 32.2. The highest BCUT2D eigenvalue weighted by Crippen LogP contribution is 2.40. The predicted octanol–water partition coefficient (Wildman–Crippen LogP) is 1.44. The summed E-state index contributed by atoms with van der Waals surface area (Å²) in [5.41, 5.74) is -0.492. The Morgan fingerprint density at radius 2 is 1.73 bits per heavy atom. The first kappa shape index (κ1) is 10.6. The Hall–Kier alpha value is -0.910. The van der Waals surface area contributed by atoms with Crippen LogP contribution in [-0.2, 0) is 10.1 Å². The lowest BCUT2D eigenvalue weighted by atomic mass is 10.1. The van der Waals surface area contributed by atoms with Gasteiger partial charge in [0.1, 0.15) is 0 Å². The van der Waals surface area contributed by atoms with E-state index in [0.29, 0.717) is 5.92 Å². The SMILES string of the molecule is O=S(=O)(O)C(O)c1ccc(C2CC2)cc1. The molecule has 1 aliphatic carbocycles. The van der Waals surface area contributed by atoms with E-state index >= 15 is 0 Å². The van der Waals surface area contributed by atoms with Gasteiger partial charge in [-0.3, -0.25) is 4.55 Å². The van der Waals surface area contributed by atoms with Gasteiger partial charge < -0.3 is 5.11 Å². The zero-order chi connectivity index (χ0) is 11.1. The Bertz CT molecular complexity index is 445. The van der Waals surface area contributed by atoms with Crippen molar-refractivity contribution in [2.45, 2.75) is 24.2 Å². The molecule has 0 saturated heterocycles.